The SMILES string of the molecule is CCC(C)(CC)OC(=O)C1(CCCCCCCCO)CCOCC1. The topological polar surface area (TPSA) is 55.8 Å². The lowest BCUT2D eigenvalue weighted by atomic mass is 9.75. The van der Waals surface area contributed by atoms with Crippen LogP contribution in [0.25, 0.3) is 0 Å². The van der Waals surface area contributed by atoms with Crippen molar-refractivity contribution >= 4 is 5.97 Å². The third-order valence-corrected chi connectivity index (χ3v) is 5.78. The van der Waals surface area contributed by atoms with E-state index in [-0.39, 0.29) is 17.0 Å². The highest BCUT2D eigenvalue weighted by molar-refractivity contribution is 5.77. The Morgan fingerprint density at radius 1 is 1.04 bits per heavy atom. The zero-order valence-corrected chi connectivity index (χ0v) is 16.1. The number of rotatable bonds is 12. The Labute approximate surface area is 148 Å². The summed E-state index contributed by atoms with van der Waals surface area (Å²) in [5.74, 6) is -0.00252. The Balaban J connectivity index is 2.51. The standard InChI is InChI=1S/C20H38O4/c1-4-19(3,5-2)24-18(22)20(13-16-23-17-14-20)12-10-8-6-7-9-11-15-21/h21H,4-17H2,1-3H3. The predicted octanol–water partition coefficient (Wildman–Crippen LogP) is 4.63. The summed E-state index contributed by atoms with van der Waals surface area (Å²) in [6.45, 7) is 7.84. The fourth-order valence-electron chi connectivity index (χ4n) is 3.33. The molecule has 0 amide bonds. The van der Waals surface area contributed by atoms with Crippen LogP contribution in [0.4, 0.5) is 0 Å². The van der Waals surface area contributed by atoms with Gasteiger partial charge in [-0.3, -0.25) is 4.79 Å². The Morgan fingerprint density at radius 3 is 2.12 bits per heavy atom. The van der Waals surface area contributed by atoms with Crippen LogP contribution in [0.1, 0.15) is 91.4 Å². The molecule has 4 heteroatoms. The maximum absolute atomic E-state index is 13.0. The van der Waals surface area contributed by atoms with Crippen LogP contribution in [0.2, 0.25) is 0 Å². The van der Waals surface area contributed by atoms with Gasteiger partial charge >= 0.3 is 5.97 Å². The molecule has 1 heterocycles. The van der Waals surface area contributed by atoms with Crippen LogP contribution >= 0.6 is 0 Å². The first-order valence-electron chi connectivity index (χ1n) is 9.94. The van der Waals surface area contributed by atoms with Crippen LogP contribution in [0.3, 0.4) is 0 Å². The smallest absolute Gasteiger partial charge is 0.312 e. The highest BCUT2D eigenvalue weighted by Gasteiger charge is 2.43. The molecule has 1 rings (SSSR count). The Hall–Kier alpha value is -0.610. The summed E-state index contributed by atoms with van der Waals surface area (Å²) >= 11 is 0. The maximum atomic E-state index is 13.0. The van der Waals surface area contributed by atoms with Crippen LogP contribution in [-0.4, -0.2) is 36.5 Å². The molecule has 0 atom stereocenters. The molecular weight excluding hydrogens is 304 g/mol. The van der Waals surface area contributed by atoms with Crippen molar-refractivity contribution in [3.8, 4) is 0 Å². The summed E-state index contributed by atoms with van der Waals surface area (Å²) < 4.78 is 11.5. The van der Waals surface area contributed by atoms with Gasteiger partial charge in [0.25, 0.3) is 0 Å². The molecule has 1 fully saturated rings. The molecule has 0 aromatic carbocycles. The fraction of sp³-hybridized carbons (Fsp3) is 0.950. The number of carbonyl (C=O) groups is 1. The van der Waals surface area contributed by atoms with Crippen LogP contribution < -0.4 is 0 Å². The van der Waals surface area contributed by atoms with E-state index >= 15 is 0 Å². The van der Waals surface area contributed by atoms with E-state index in [0.29, 0.717) is 19.8 Å². The predicted molar refractivity (Wildman–Crippen MR) is 97.0 cm³/mol. The Kier molecular flexibility index (Phi) is 9.91. The van der Waals surface area contributed by atoms with Gasteiger partial charge in [-0.15, -0.1) is 0 Å². The lowest BCUT2D eigenvalue weighted by Gasteiger charge is -2.38. The number of hydrogen-bond donors (Lipinski definition) is 1. The van der Waals surface area contributed by atoms with E-state index in [2.05, 4.69) is 13.8 Å². The van der Waals surface area contributed by atoms with Crippen LogP contribution in [0.5, 0.6) is 0 Å². The van der Waals surface area contributed by atoms with Gasteiger partial charge in [-0.25, -0.2) is 0 Å². The van der Waals surface area contributed by atoms with E-state index in [9.17, 15) is 4.79 Å². The average molecular weight is 343 g/mol. The molecule has 0 aromatic rings. The number of ether oxygens (including phenoxy) is 2. The molecule has 0 saturated carbocycles. The van der Waals surface area contributed by atoms with Crippen molar-refractivity contribution in [2.45, 2.75) is 97.0 Å². The molecule has 24 heavy (non-hydrogen) atoms. The molecule has 1 aliphatic rings. The summed E-state index contributed by atoms with van der Waals surface area (Å²) in [4.78, 5) is 13.0. The molecule has 142 valence electrons. The van der Waals surface area contributed by atoms with Crippen LogP contribution in [-0.2, 0) is 14.3 Å². The monoisotopic (exact) mass is 342 g/mol. The molecule has 0 aromatic heterocycles. The molecule has 1 aliphatic heterocycles. The minimum absolute atomic E-state index is 0.00252. The summed E-state index contributed by atoms with van der Waals surface area (Å²) in [6, 6.07) is 0. The van der Waals surface area contributed by atoms with Gasteiger partial charge in [0.2, 0.25) is 0 Å². The number of aliphatic hydroxyl groups is 1. The molecule has 4 nitrogen and oxygen atoms in total. The van der Waals surface area contributed by atoms with Gasteiger partial charge in [0.05, 0.1) is 5.41 Å². The highest BCUT2D eigenvalue weighted by atomic mass is 16.6. The minimum Gasteiger partial charge on any atom is -0.459 e. The van der Waals surface area contributed by atoms with Crippen molar-refractivity contribution in [3.63, 3.8) is 0 Å². The van der Waals surface area contributed by atoms with Gasteiger partial charge < -0.3 is 14.6 Å². The lowest BCUT2D eigenvalue weighted by Crippen LogP contribution is -2.43. The fourth-order valence-corrected chi connectivity index (χ4v) is 3.33. The van der Waals surface area contributed by atoms with Crippen molar-refractivity contribution in [1.29, 1.82) is 0 Å². The van der Waals surface area contributed by atoms with Crippen LogP contribution in [0, 0.1) is 5.41 Å². The molecule has 1 saturated heterocycles. The van der Waals surface area contributed by atoms with Gasteiger partial charge in [-0.05, 0) is 45.4 Å². The molecule has 1 N–H and O–H groups in total. The van der Waals surface area contributed by atoms with Crippen molar-refractivity contribution < 1.29 is 19.4 Å². The van der Waals surface area contributed by atoms with E-state index in [4.69, 9.17) is 14.6 Å². The van der Waals surface area contributed by atoms with E-state index in [1.165, 1.54) is 12.8 Å². The zero-order valence-electron chi connectivity index (χ0n) is 16.1. The van der Waals surface area contributed by atoms with Gasteiger partial charge in [-0.2, -0.15) is 0 Å². The third kappa shape index (κ3) is 6.72. The molecule has 0 spiro atoms. The first-order chi connectivity index (χ1) is 11.5. The van der Waals surface area contributed by atoms with Crippen molar-refractivity contribution in [1.82, 2.24) is 0 Å². The molecule has 0 aliphatic carbocycles. The van der Waals surface area contributed by atoms with E-state index in [0.717, 1.165) is 57.8 Å². The van der Waals surface area contributed by atoms with Gasteiger partial charge in [0.1, 0.15) is 5.60 Å². The molecular formula is C20H38O4. The Morgan fingerprint density at radius 2 is 1.58 bits per heavy atom. The quantitative estimate of drug-likeness (QED) is 0.415. The lowest BCUT2D eigenvalue weighted by molar-refractivity contribution is -0.178. The molecule has 0 radical (unpaired) electrons. The average Bonchev–Trinajstić information content (AvgIpc) is 2.61. The number of hydrogen-bond acceptors (Lipinski definition) is 4. The summed E-state index contributed by atoms with van der Waals surface area (Å²) in [6.07, 6.45) is 10.8. The second-order valence-electron chi connectivity index (χ2n) is 7.53. The second-order valence-corrected chi connectivity index (χ2v) is 7.53. The Bertz CT molecular complexity index is 344. The number of esters is 1. The largest absolute Gasteiger partial charge is 0.459 e. The second kappa shape index (κ2) is 11.1. The highest BCUT2D eigenvalue weighted by Crippen LogP contribution is 2.39. The summed E-state index contributed by atoms with van der Waals surface area (Å²) in [5.41, 5.74) is -0.679. The minimum atomic E-state index is -0.341. The molecule has 0 unspecified atom stereocenters. The third-order valence-electron chi connectivity index (χ3n) is 5.78. The number of carbonyl (C=O) groups excluding carboxylic acids is 1. The normalized spacial score (nSPS) is 17.7. The van der Waals surface area contributed by atoms with Crippen molar-refractivity contribution in [2.24, 2.45) is 5.41 Å². The van der Waals surface area contributed by atoms with Crippen molar-refractivity contribution in [2.75, 3.05) is 19.8 Å². The number of aliphatic hydroxyl groups excluding tert-OH is 1. The van der Waals surface area contributed by atoms with Crippen LogP contribution in [0.15, 0.2) is 0 Å². The van der Waals surface area contributed by atoms with E-state index in [1.54, 1.807) is 0 Å². The van der Waals surface area contributed by atoms with Gasteiger partial charge in [0.15, 0.2) is 0 Å². The number of unbranched alkanes of at least 4 members (excludes halogenated alkanes) is 5. The first-order valence-corrected chi connectivity index (χ1v) is 9.94. The zero-order chi connectivity index (χ0) is 17.9. The van der Waals surface area contributed by atoms with Gasteiger partial charge in [-0.1, -0.05) is 46.0 Å². The van der Waals surface area contributed by atoms with E-state index < -0.39 is 0 Å². The summed E-state index contributed by atoms with van der Waals surface area (Å²) in [7, 11) is 0. The van der Waals surface area contributed by atoms with Gasteiger partial charge in [0, 0.05) is 19.8 Å². The van der Waals surface area contributed by atoms with Crippen molar-refractivity contribution in [3.05, 3.63) is 0 Å². The maximum Gasteiger partial charge on any atom is 0.312 e. The first kappa shape index (κ1) is 21.4. The summed E-state index contributed by atoms with van der Waals surface area (Å²) in [5, 5.41) is 8.80. The van der Waals surface area contributed by atoms with E-state index in [1.807, 2.05) is 6.92 Å². The molecule has 0 bridgehead atoms.